The number of fused-ring (bicyclic) bond motifs is 1. The van der Waals surface area contributed by atoms with E-state index >= 15 is 0 Å². The number of carbonyl (C=O) groups excluding carboxylic acids is 1. The van der Waals surface area contributed by atoms with Crippen LogP contribution in [0.5, 0.6) is 11.5 Å². The monoisotopic (exact) mass is 270 g/mol. The van der Waals surface area contributed by atoms with Crippen molar-refractivity contribution < 1.29 is 14.3 Å². The molecule has 2 heterocycles. The molecule has 102 valence electrons. The van der Waals surface area contributed by atoms with E-state index in [0.717, 1.165) is 5.56 Å². The Bertz CT molecular complexity index is 668. The average Bonchev–Trinajstić information content (AvgIpc) is 2.93. The van der Waals surface area contributed by atoms with Gasteiger partial charge in [-0.2, -0.15) is 0 Å². The fourth-order valence-corrected chi connectivity index (χ4v) is 2.09. The van der Waals surface area contributed by atoms with Crippen molar-refractivity contribution in [3.63, 3.8) is 0 Å². The molecule has 1 aliphatic rings. The molecular formula is C15H14N2O3. The third kappa shape index (κ3) is 2.07. The minimum absolute atomic E-state index is 0.0780. The number of aromatic nitrogens is 1. The normalized spacial score (nSPS) is 12.3. The summed E-state index contributed by atoms with van der Waals surface area (Å²) in [7, 11) is 3.44. The van der Waals surface area contributed by atoms with Gasteiger partial charge in [0.15, 0.2) is 11.5 Å². The summed E-state index contributed by atoms with van der Waals surface area (Å²) < 4.78 is 10.7. The number of nitrogens with zero attached hydrogens (tertiary/aromatic N) is 2. The molecule has 0 radical (unpaired) electrons. The highest BCUT2D eigenvalue weighted by atomic mass is 16.7. The lowest BCUT2D eigenvalue weighted by Crippen LogP contribution is -2.22. The number of rotatable bonds is 2. The molecule has 0 unspecified atom stereocenters. The van der Waals surface area contributed by atoms with Crippen molar-refractivity contribution in [1.29, 1.82) is 0 Å². The second-order valence-corrected chi connectivity index (χ2v) is 4.67. The Balaban J connectivity index is 2.08. The predicted molar refractivity (Wildman–Crippen MR) is 73.8 cm³/mol. The number of pyridine rings is 1. The molecule has 2 aromatic rings. The van der Waals surface area contributed by atoms with Crippen LogP contribution in [0.15, 0.2) is 36.5 Å². The Morgan fingerprint density at radius 1 is 1.20 bits per heavy atom. The standard InChI is InChI=1S/C15H14N2O3/c1-17(2)15(18)11-4-3-7-16-14(11)10-5-6-12-13(8-10)20-9-19-12/h3-8H,9H2,1-2H3. The molecule has 20 heavy (non-hydrogen) atoms. The lowest BCUT2D eigenvalue weighted by Gasteiger charge is -2.13. The van der Waals surface area contributed by atoms with E-state index in [2.05, 4.69) is 4.98 Å². The highest BCUT2D eigenvalue weighted by Crippen LogP contribution is 2.36. The van der Waals surface area contributed by atoms with Gasteiger partial charge >= 0.3 is 0 Å². The maximum atomic E-state index is 12.2. The number of hydrogen-bond donors (Lipinski definition) is 0. The highest BCUT2D eigenvalue weighted by molar-refractivity contribution is 5.99. The first kappa shape index (κ1) is 12.5. The van der Waals surface area contributed by atoms with Crippen molar-refractivity contribution in [2.24, 2.45) is 0 Å². The third-order valence-corrected chi connectivity index (χ3v) is 3.09. The molecule has 0 atom stereocenters. The molecule has 0 fully saturated rings. The first-order valence-corrected chi connectivity index (χ1v) is 6.23. The van der Waals surface area contributed by atoms with Crippen LogP contribution >= 0.6 is 0 Å². The molecule has 0 aliphatic carbocycles. The minimum atomic E-state index is -0.0780. The Hall–Kier alpha value is -2.56. The van der Waals surface area contributed by atoms with E-state index in [1.54, 1.807) is 32.4 Å². The fraction of sp³-hybridized carbons (Fsp3) is 0.200. The lowest BCUT2D eigenvalue weighted by atomic mass is 10.0. The Kier molecular flexibility index (Phi) is 3.02. The van der Waals surface area contributed by atoms with Crippen molar-refractivity contribution in [2.45, 2.75) is 0 Å². The van der Waals surface area contributed by atoms with Crippen LogP contribution in [0.25, 0.3) is 11.3 Å². The molecule has 1 amide bonds. The van der Waals surface area contributed by atoms with Crippen LogP contribution in [0.2, 0.25) is 0 Å². The van der Waals surface area contributed by atoms with Crippen molar-refractivity contribution in [3.8, 4) is 22.8 Å². The van der Waals surface area contributed by atoms with E-state index in [0.29, 0.717) is 22.8 Å². The second kappa shape index (κ2) is 4.85. The molecule has 1 aromatic carbocycles. The topological polar surface area (TPSA) is 51.7 Å². The third-order valence-electron chi connectivity index (χ3n) is 3.09. The quantitative estimate of drug-likeness (QED) is 0.839. The van der Waals surface area contributed by atoms with Gasteiger partial charge < -0.3 is 14.4 Å². The van der Waals surface area contributed by atoms with Crippen LogP contribution in [0.3, 0.4) is 0 Å². The van der Waals surface area contributed by atoms with Crippen LogP contribution in [-0.4, -0.2) is 36.7 Å². The number of hydrogen-bond acceptors (Lipinski definition) is 4. The first-order chi connectivity index (χ1) is 9.66. The zero-order valence-corrected chi connectivity index (χ0v) is 11.3. The summed E-state index contributed by atoms with van der Waals surface area (Å²) in [5.74, 6) is 1.31. The molecule has 0 bridgehead atoms. The first-order valence-electron chi connectivity index (χ1n) is 6.23. The van der Waals surface area contributed by atoms with Crippen LogP contribution in [-0.2, 0) is 0 Å². The molecule has 5 nitrogen and oxygen atoms in total. The van der Waals surface area contributed by atoms with Crippen LogP contribution < -0.4 is 9.47 Å². The largest absolute Gasteiger partial charge is 0.454 e. The number of amides is 1. The fourth-order valence-electron chi connectivity index (χ4n) is 2.09. The van der Waals surface area contributed by atoms with Gasteiger partial charge in [0, 0.05) is 25.9 Å². The number of carbonyl (C=O) groups is 1. The summed E-state index contributed by atoms with van der Waals surface area (Å²) in [6, 6.07) is 9.08. The maximum absolute atomic E-state index is 12.2. The SMILES string of the molecule is CN(C)C(=O)c1cccnc1-c1ccc2c(c1)OCO2. The number of benzene rings is 1. The summed E-state index contributed by atoms with van der Waals surface area (Å²) in [4.78, 5) is 18.1. The Morgan fingerprint density at radius 3 is 2.80 bits per heavy atom. The van der Waals surface area contributed by atoms with E-state index in [-0.39, 0.29) is 12.7 Å². The smallest absolute Gasteiger partial charge is 0.255 e. The van der Waals surface area contributed by atoms with E-state index < -0.39 is 0 Å². The zero-order valence-electron chi connectivity index (χ0n) is 11.3. The summed E-state index contributed by atoms with van der Waals surface area (Å²) >= 11 is 0. The van der Waals surface area contributed by atoms with Crippen molar-refractivity contribution in [1.82, 2.24) is 9.88 Å². The van der Waals surface area contributed by atoms with Gasteiger partial charge in [0.05, 0.1) is 11.3 Å². The minimum Gasteiger partial charge on any atom is -0.454 e. The van der Waals surface area contributed by atoms with Crippen molar-refractivity contribution >= 4 is 5.91 Å². The molecule has 0 saturated heterocycles. The number of ether oxygens (including phenoxy) is 2. The van der Waals surface area contributed by atoms with Gasteiger partial charge in [-0.15, -0.1) is 0 Å². The maximum Gasteiger partial charge on any atom is 0.255 e. The zero-order chi connectivity index (χ0) is 14.1. The molecule has 3 rings (SSSR count). The van der Waals surface area contributed by atoms with Gasteiger partial charge in [-0.05, 0) is 30.3 Å². The second-order valence-electron chi connectivity index (χ2n) is 4.67. The van der Waals surface area contributed by atoms with E-state index in [9.17, 15) is 4.79 Å². The van der Waals surface area contributed by atoms with Crippen molar-refractivity contribution in [2.75, 3.05) is 20.9 Å². The molecule has 1 aliphatic heterocycles. The summed E-state index contributed by atoms with van der Waals surface area (Å²) in [6.07, 6.45) is 1.67. The van der Waals surface area contributed by atoms with Gasteiger partial charge in [0.2, 0.25) is 6.79 Å². The van der Waals surface area contributed by atoms with Crippen LogP contribution in [0, 0.1) is 0 Å². The van der Waals surface area contributed by atoms with E-state index in [4.69, 9.17) is 9.47 Å². The van der Waals surface area contributed by atoms with Crippen molar-refractivity contribution in [3.05, 3.63) is 42.1 Å². The molecular weight excluding hydrogens is 256 g/mol. The Morgan fingerprint density at radius 2 is 2.00 bits per heavy atom. The average molecular weight is 270 g/mol. The highest BCUT2D eigenvalue weighted by Gasteiger charge is 2.19. The van der Waals surface area contributed by atoms with Crippen LogP contribution in [0.1, 0.15) is 10.4 Å². The van der Waals surface area contributed by atoms with Gasteiger partial charge in [0.1, 0.15) is 0 Å². The van der Waals surface area contributed by atoms with Gasteiger partial charge in [0.25, 0.3) is 5.91 Å². The Labute approximate surface area is 116 Å². The van der Waals surface area contributed by atoms with Gasteiger partial charge in [-0.1, -0.05) is 0 Å². The molecule has 5 heteroatoms. The van der Waals surface area contributed by atoms with E-state index in [1.165, 1.54) is 4.90 Å². The predicted octanol–water partition coefficient (Wildman–Crippen LogP) is 2.18. The molecule has 0 saturated carbocycles. The molecule has 1 aromatic heterocycles. The van der Waals surface area contributed by atoms with Gasteiger partial charge in [-0.3, -0.25) is 9.78 Å². The molecule has 0 N–H and O–H groups in total. The molecule has 0 spiro atoms. The summed E-state index contributed by atoms with van der Waals surface area (Å²) in [5.41, 5.74) is 2.04. The van der Waals surface area contributed by atoms with Crippen LogP contribution in [0.4, 0.5) is 0 Å². The summed E-state index contributed by atoms with van der Waals surface area (Å²) in [6.45, 7) is 0.227. The van der Waals surface area contributed by atoms with E-state index in [1.807, 2.05) is 18.2 Å². The lowest BCUT2D eigenvalue weighted by molar-refractivity contribution is 0.0828. The summed E-state index contributed by atoms with van der Waals surface area (Å²) in [5, 5.41) is 0. The van der Waals surface area contributed by atoms with Gasteiger partial charge in [-0.25, -0.2) is 0 Å².